The number of halogens is 1. The van der Waals surface area contributed by atoms with E-state index in [0.717, 1.165) is 16.5 Å². The van der Waals surface area contributed by atoms with E-state index in [-0.39, 0.29) is 17.0 Å². The Morgan fingerprint density at radius 2 is 1.54 bits per heavy atom. The number of rotatable bonds is 4. The first-order valence-electron chi connectivity index (χ1n) is 7.54. The molecule has 0 N–H and O–H groups in total. The fraction of sp³-hybridized carbons (Fsp3) is 0.100. The maximum atomic E-state index is 9.14. The van der Waals surface area contributed by atoms with Crippen LogP contribution in [0, 0.1) is 11.3 Å². The molecule has 1 aromatic heterocycles. The highest BCUT2D eigenvalue weighted by atomic mass is 79.9. The minimum atomic E-state index is 0. The van der Waals surface area contributed by atoms with Crippen LogP contribution in [0.3, 0.4) is 0 Å². The van der Waals surface area contributed by atoms with Crippen molar-refractivity contribution in [1.29, 1.82) is 5.26 Å². The molecule has 0 spiro atoms. The summed E-state index contributed by atoms with van der Waals surface area (Å²) in [6.07, 6.45) is 4.00. The van der Waals surface area contributed by atoms with Crippen molar-refractivity contribution in [2.45, 2.75) is 13.1 Å². The van der Waals surface area contributed by atoms with E-state index < -0.39 is 0 Å². The van der Waals surface area contributed by atoms with Crippen molar-refractivity contribution in [2.75, 3.05) is 0 Å². The van der Waals surface area contributed by atoms with Crippen LogP contribution in [0.2, 0.25) is 0 Å². The van der Waals surface area contributed by atoms with E-state index in [0.29, 0.717) is 13.1 Å². The number of hydrogen-bond donors (Lipinski definition) is 0. The van der Waals surface area contributed by atoms with Crippen LogP contribution in [0.25, 0.3) is 0 Å². The first kappa shape index (κ1) is 17.7. The molecule has 0 saturated heterocycles. The van der Waals surface area contributed by atoms with Crippen molar-refractivity contribution in [3.63, 3.8) is 0 Å². The van der Waals surface area contributed by atoms with Crippen LogP contribution in [0.15, 0.2) is 84.1 Å². The lowest BCUT2D eigenvalue weighted by molar-refractivity contribution is 0.783. The molecule has 1 heterocycles. The van der Waals surface area contributed by atoms with Crippen LogP contribution in [-0.4, -0.2) is 4.57 Å². The number of benzene rings is 2. The molecule has 4 heteroatoms. The Hall–Kier alpha value is -2.64. The van der Waals surface area contributed by atoms with Gasteiger partial charge >= 0.3 is 0 Å². The summed E-state index contributed by atoms with van der Waals surface area (Å²) in [7, 11) is 0. The Labute approximate surface area is 152 Å². The van der Waals surface area contributed by atoms with Crippen LogP contribution in [-0.2, 0) is 13.1 Å². The molecule has 2 aromatic carbocycles. The van der Waals surface area contributed by atoms with Gasteiger partial charge in [0.1, 0.15) is 0 Å². The van der Waals surface area contributed by atoms with E-state index in [4.69, 9.17) is 5.26 Å². The second-order valence-corrected chi connectivity index (χ2v) is 5.30. The highest BCUT2D eigenvalue weighted by Crippen LogP contribution is 2.08. The minimum Gasteiger partial charge on any atom is -0.350 e. The predicted molar refractivity (Wildman–Crippen MR) is 101 cm³/mol. The molecular weight excluding hydrogens is 362 g/mol. The predicted octanol–water partition coefficient (Wildman–Crippen LogP) is 4.09. The van der Waals surface area contributed by atoms with Crippen molar-refractivity contribution in [2.24, 2.45) is 4.99 Å². The topological polar surface area (TPSA) is 41.1 Å². The zero-order valence-electron chi connectivity index (χ0n) is 13.2. The lowest BCUT2D eigenvalue weighted by atomic mass is 10.1. The lowest BCUT2D eigenvalue weighted by Crippen LogP contribution is -2.07. The van der Waals surface area contributed by atoms with Crippen molar-refractivity contribution in [3.05, 3.63) is 101 Å². The van der Waals surface area contributed by atoms with Gasteiger partial charge in [0, 0.05) is 18.9 Å². The summed E-state index contributed by atoms with van der Waals surface area (Å²) >= 11 is 0. The van der Waals surface area contributed by atoms with Gasteiger partial charge in [0.05, 0.1) is 23.5 Å². The number of nitriles is 1. The maximum absolute atomic E-state index is 9.14. The molecule has 0 atom stereocenters. The van der Waals surface area contributed by atoms with Crippen LogP contribution in [0.4, 0.5) is 0 Å². The summed E-state index contributed by atoms with van der Waals surface area (Å²) in [5.74, 6) is 0. The third-order valence-electron chi connectivity index (χ3n) is 3.65. The quantitative estimate of drug-likeness (QED) is 0.672. The highest BCUT2D eigenvalue weighted by molar-refractivity contribution is 8.93. The van der Waals surface area contributed by atoms with Crippen molar-refractivity contribution in [1.82, 2.24) is 4.57 Å². The van der Waals surface area contributed by atoms with Crippen LogP contribution >= 0.6 is 17.0 Å². The van der Waals surface area contributed by atoms with Gasteiger partial charge in [0.15, 0.2) is 0 Å². The molecule has 0 amide bonds. The van der Waals surface area contributed by atoms with Gasteiger partial charge in [0.2, 0.25) is 0 Å². The molecule has 120 valence electrons. The molecule has 3 rings (SSSR count). The summed E-state index contributed by atoms with van der Waals surface area (Å²) in [4.78, 5) is 4.59. The fourth-order valence-corrected chi connectivity index (χ4v) is 2.39. The maximum Gasteiger partial charge on any atom is 0.0995 e. The number of aromatic nitrogens is 1. The van der Waals surface area contributed by atoms with Gasteiger partial charge in [-0.25, -0.2) is 0 Å². The van der Waals surface area contributed by atoms with Crippen LogP contribution < -0.4 is 5.36 Å². The zero-order valence-corrected chi connectivity index (χ0v) is 14.9. The average Bonchev–Trinajstić information content (AvgIpc) is 2.62. The van der Waals surface area contributed by atoms with Gasteiger partial charge in [-0.3, -0.25) is 4.99 Å². The Balaban J connectivity index is 0.00000208. The van der Waals surface area contributed by atoms with Gasteiger partial charge in [-0.2, -0.15) is 5.26 Å². The molecule has 0 aliphatic rings. The summed E-state index contributed by atoms with van der Waals surface area (Å²) in [5, 5.41) is 10.1. The van der Waals surface area contributed by atoms with Gasteiger partial charge in [-0.1, -0.05) is 48.5 Å². The van der Waals surface area contributed by atoms with Crippen molar-refractivity contribution in [3.8, 4) is 6.07 Å². The Morgan fingerprint density at radius 3 is 2.25 bits per heavy atom. The second-order valence-electron chi connectivity index (χ2n) is 5.30. The molecule has 0 aliphatic heterocycles. The fourth-order valence-electron chi connectivity index (χ4n) is 2.39. The summed E-state index contributed by atoms with van der Waals surface area (Å²) in [5.41, 5.74) is 2.94. The van der Waals surface area contributed by atoms with E-state index in [1.807, 2.05) is 67.0 Å². The van der Waals surface area contributed by atoms with E-state index in [9.17, 15) is 0 Å². The second kappa shape index (κ2) is 8.85. The highest BCUT2D eigenvalue weighted by Gasteiger charge is 2.00. The molecule has 0 fully saturated rings. The Kier molecular flexibility index (Phi) is 6.53. The normalized spacial score (nSPS) is 9.62. The molecule has 3 nitrogen and oxygen atoms in total. The lowest BCUT2D eigenvalue weighted by Gasteiger charge is -2.07. The molecule has 0 aliphatic carbocycles. The summed E-state index contributed by atoms with van der Waals surface area (Å²) in [6.45, 7) is 1.37. The van der Waals surface area contributed by atoms with E-state index >= 15 is 0 Å². The number of hydrogen-bond acceptors (Lipinski definition) is 2. The summed E-state index contributed by atoms with van der Waals surface area (Å²) in [6, 6.07) is 24.1. The van der Waals surface area contributed by atoms with Gasteiger partial charge in [-0.15, -0.1) is 17.0 Å². The van der Waals surface area contributed by atoms with Gasteiger partial charge in [-0.05, 0) is 29.3 Å². The molecule has 0 saturated carbocycles. The first-order chi connectivity index (χ1) is 11.3. The molecule has 24 heavy (non-hydrogen) atoms. The number of pyridine rings is 1. The molecule has 3 aromatic rings. The van der Waals surface area contributed by atoms with Crippen LogP contribution in [0.1, 0.15) is 16.7 Å². The molecule has 0 radical (unpaired) electrons. The first-order valence-corrected chi connectivity index (χ1v) is 7.54. The summed E-state index contributed by atoms with van der Waals surface area (Å²) < 4.78 is 2.05. The van der Waals surface area contributed by atoms with Gasteiger partial charge in [0.25, 0.3) is 0 Å². The molecule has 0 unspecified atom stereocenters. The largest absolute Gasteiger partial charge is 0.350 e. The smallest absolute Gasteiger partial charge is 0.0995 e. The third kappa shape index (κ3) is 4.68. The Morgan fingerprint density at radius 1 is 0.875 bits per heavy atom. The Bertz CT molecular complexity index is 872. The molecule has 0 bridgehead atoms. The standard InChI is InChI=1S/C20H17N3.BrH/c21-14-18-8-4-5-9-19(18)16-23-12-10-20(11-13-23)22-15-17-6-2-1-3-7-17;/h1-13H,15-16H2;1H. The molecular formula is C20H18BrN3. The van der Waals surface area contributed by atoms with E-state index in [1.54, 1.807) is 0 Å². The SMILES string of the molecule is Br.N#Cc1ccccc1Cn1ccc(=NCc2ccccc2)cc1. The van der Waals surface area contributed by atoms with Crippen molar-refractivity contribution < 1.29 is 0 Å². The van der Waals surface area contributed by atoms with Crippen LogP contribution in [0.5, 0.6) is 0 Å². The number of nitrogens with zero attached hydrogens (tertiary/aromatic N) is 3. The van der Waals surface area contributed by atoms with Crippen molar-refractivity contribution >= 4 is 17.0 Å². The zero-order chi connectivity index (χ0) is 15.9. The average molecular weight is 380 g/mol. The third-order valence-corrected chi connectivity index (χ3v) is 3.65. The van der Waals surface area contributed by atoms with E-state index in [1.165, 1.54) is 5.56 Å². The monoisotopic (exact) mass is 379 g/mol. The van der Waals surface area contributed by atoms with E-state index in [2.05, 4.69) is 27.8 Å². The minimum absolute atomic E-state index is 0. The van der Waals surface area contributed by atoms with Gasteiger partial charge < -0.3 is 4.57 Å².